The lowest BCUT2D eigenvalue weighted by Gasteiger charge is -2.11. The largest absolute Gasteiger partial charge is 0.313 e. The Kier molecular flexibility index (Phi) is 4.63. The second-order valence-corrected chi connectivity index (χ2v) is 7.42. The lowest BCUT2D eigenvalue weighted by atomic mass is 10.2. The van der Waals surface area contributed by atoms with E-state index in [2.05, 4.69) is 47.7 Å². The van der Waals surface area contributed by atoms with Gasteiger partial charge in [0.05, 0.1) is 25.9 Å². The maximum Gasteiger partial charge on any atom is 0.0954 e. The van der Waals surface area contributed by atoms with Gasteiger partial charge in [0.2, 0.25) is 0 Å². The molecule has 1 N–H and O–H groups in total. The van der Waals surface area contributed by atoms with Crippen LogP contribution in [0.15, 0.2) is 29.6 Å². The predicted molar refractivity (Wildman–Crippen MR) is 91.3 cm³/mol. The van der Waals surface area contributed by atoms with Crippen molar-refractivity contribution in [3.8, 4) is 0 Å². The molecular formula is C16H19N3S2. The number of rotatable bonds is 6. The minimum Gasteiger partial charge on any atom is -0.313 e. The maximum atomic E-state index is 4.69. The van der Waals surface area contributed by atoms with Gasteiger partial charge in [-0.15, -0.1) is 22.7 Å². The molecule has 110 valence electrons. The van der Waals surface area contributed by atoms with Crippen LogP contribution in [0.2, 0.25) is 0 Å². The van der Waals surface area contributed by atoms with Crippen LogP contribution >= 0.6 is 22.7 Å². The minimum atomic E-state index is 0.435. The molecule has 2 heterocycles. The third-order valence-electron chi connectivity index (χ3n) is 3.36. The summed E-state index contributed by atoms with van der Waals surface area (Å²) < 4.78 is 1.28. The number of fused-ring (bicyclic) bond motifs is 1. The van der Waals surface area contributed by atoms with E-state index in [4.69, 9.17) is 4.98 Å². The summed E-state index contributed by atoms with van der Waals surface area (Å²) in [5.74, 6) is 0. The highest BCUT2D eigenvalue weighted by Gasteiger charge is 2.08. The molecule has 0 saturated carbocycles. The summed E-state index contributed by atoms with van der Waals surface area (Å²) in [6.45, 7) is 5.24. The molecule has 0 bridgehead atoms. The molecule has 0 unspecified atom stereocenters. The topological polar surface area (TPSA) is 37.8 Å². The molecule has 3 rings (SSSR count). The highest BCUT2D eigenvalue weighted by atomic mass is 32.1. The summed E-state index contributed by atoms with van der Waals surface area (Å²) in [4.78, 5) is 9.18. The number of nitrogens with one attached hydrogen (secondary N) is 1. The van der Waals surface area contributed by atoms with E-state index in [1.165, 1.54) is 15.4 Å². The first-order chi connectivity index (χ1) is 10.2. The van der Waals surface area contributed by atoms with Crippen molar-refractivity contribution >= 4 is 32.9 Å². The lowest BCUT2D eigenvalue weighted by Crippen LogP contribution is -2.30. The fourth-order valence-electron chi connectivity index (χ4n) is 2.31. The van der Waals surface area contributed by atoms with E-state index >= 15 is 0 Å². The molecule has 0 radical (unpaired) electrons. The monoisotopic (exact) mass is 317 g/mol. The smallest absolute Gasteiger partial charge is 0.0954 e. The fourth-order valence-corrected chi connectivity index (χ4v) is 4.05. The molecule has 5 heteroatoms. The predicted octanol–water partition coefficient (Wildman–Crippen LogP) is 3.82. The Bertz CT molecular complexity index is 684. The van der Waals surface area contributed by atoms with Crippen molar-refractivity contribution in [1.82, 2.24) is 15.3 Å². The molecule has 0 aliphatic carbocycles. The van der Waals surface area contributed by atoms with Crippen LogP contribution in [0.4, 0.5) is 0 Å². The van der Waals surface area contributed by atoms with E-state index in [0.29, 0.717) is 6.04 Å². The van der Waals surface area contributed by atoms with Crippen molar-refractivity contribution in [2.24, 2.45) is 0 Å². The standard InChI is InChI=1S/C16H19N3S2/c1-11(17-8-7-13-10-20-12(2)18-13)9-16-19-14-5-3-4-6-15(14)21-16/h3-6,10-11,17H,7-9H2,1-2H3/t11-/m1/s1. The van der Waals surface area contributed by atoms with Crippen LogP contribution in [0.5, 0.6) is 0 Å². The third kappa shape index (κ3) is 3.87. The van der Waals surface area contributed by atoms with Crippen LogP contribution in [-0.2, 0) is 12.8 Å². The zero-order valence-corrected chi connectivity index (χ0v) is 13.9. The Labute approximate surface area is 133 Å². The molecule has 0 saturated heterocycles. The maximum absolute atomic E-state index is 4.69. The number of thiazole rings is 2. The lowest BCUT2D eigenvalue weighted by molar-refractivity contribution is 0.546. The molecule has 1 aromatic carbocycles. The van der Waals surface area contributed by atoms with Gasteiger partial charge in [0, 0.05) is 30.8 Å². The second kappa shape index (κ2) is 6.64. The van der Waals surface area contributed by atoms with Crippen molar-refractivity contribution in [2.45, 2.75) is 32.7 Å². The number of nitrogens with zero attached hydrogens (tertiary/aromatic N) is 2. The highest BCUT2D eigenvalue weighted by molar-refractivity contribution is 7.18. The Morgan fingerprint density at radius 1 is 1.24 bits per heavy atom. The molecule has 3 nitrogen and oxygen atoms in total. The normalized spacial score (nSPS) is 12.9. The number of benzene rings is 1. The van der Waals surface area contributed by atoms with E-state index < -0.39 is 0 Å². The first kappa shape index (κ1) is 14.6. The van der Waals surface area contributed by atoms with E-state index in [1.807, 2.05) is 6.07 Å². The Morgan fingerprint density at radius 2 is 2.10 bits per heavy atom. The zero-order chi connectivity index (χ0) is 14.7. The van der Waals surface area contributed by atoms with Gasteiger partial charge in [-0.25, -0.2) is 9.97 Å². The molecule has 2 aromatic heterocycles. The first-order valence-corrected chi connectivity index (χ1v) is 8.89. The first-order valence-electron chi connectivity index (χ1n) is 7.19. The van der Waals surface area contributed by atoms with Gasteiger partial charge in [-0.2, -0.15) is 0 Å². The Morgan fingerprint density at radius 3 is 2.86 bits per heavy atom. The number of aryl methyl sites for hydroxylation is 1. The summed E-state index contributed by atoms with van der Waals surface area (Å²) in [5.41, 5.74) is 2.31. The average Bonchev–Trinajstić information content (AvgIpc) is 3.04. The van der Waals surface area contributed by atoms with Crippen LogP contribution in [-0.4, -0.2) is 22.6 Å². The van der Waals surface area contributed by atoms with Crippen LogP contribution in [0.1, 0.15) is 22.6 Å². The summed E-state index contributed by atoms with van der Waals surface area (Å²) in [6, 6.07) is 8.77. The molecule has 0 amide bonds. The van der Waals surface area contributed by atoms with Gasteiger partial charge >= 0.3 is 0 Å². The zero-order valence-electron chi connectivity index (χ0n) is 12.3. The van der Waals surface area contributed by atoms with Crippen LogP contribution < -0.4 is 5.32 Å². The van der Waals surface area contributed by atoms with Gasteiger partial charge < -0.3 is 5.32 Å². The summed E-state index contributed by atoms with van der Waals surface area (Å²) in [6.07, 6.45) is 1.98. The average molecular weight is 317 g/mol. The van der Waals surface area contributed by atoms with Crippen LogP contribution in [0.3, 0.4) is 0 Å². The Balaban J connectivity index is 1.50. The molecule has 0 aliphatic rings. The SMILES string of the molecule is Cc1nc(CCN[C@H](C)Cc2nc3ccccc3s2)cs1. The summed E-state index contributed by atoms with van der Waals surface area (Å²) in [7, 11) is 0. The van der Waals surface area contributed by atoms with E-state index in [0.717, 1.165) is 29.9 Å². The van der Waals surface area contributed by atoms with Gasteiger partial charge in [-0.05, 0) is 26.0 Å². The van der Waals surface area contributed by atoms with Gasteiger partial charge in [-0.1, -0.05) is 12.1 Å². The Hall–Kier alpha value is -1.30. The van der Waals surface area contributed by atoms with Crippen molar-refractivity contribution in [2.75, 3.05) is 6.54 Å². The van der Waals surface area contributed by atoms with Crippen molar-refractivity contribution in [3.05, 3.63) is 45.4 Å². The van der Waals surface area contributed by atoms with E-state index in [1.54, 1.807) is 22.7 Å². The molecule has 0 spiro atoms. The van der Waals surface area contributed by atoms with E-state index in [-0.39, 0.29) is 0 Å². The number of aromatic nitrogens is 2. The molecule has 3 aromatic rings. The molecule has 0 fully saturated rings. The van der Waals surface area contributed by atoms with Gasteiger partial charge in [-0.3, -0.25) is 0 Å². The van der Waals surface area contributed by atoms with Crippen molar-refractivity contribution in [3.63, 3.8) is 0 Å². The molecule has 0 aliphatic heterocycles. The quantitative estimate of drug-likeness (QED) is 0.751. The summed E-state index contributed by atoms with van der Waals surface area (Å²) in [5, 5.41) is 8.07. The fraction of sp³-hybridized carbons (Fsp3) is 0.375. The van der Waals surface area contributed by atoms with Crippen molar-refractivity contribution < 1.29 is 0 Å². The summed E-state index contributed by atoms with van der Waals surface area (Å²) >= 11 is 3.52. The highest BCUT2D eigenvalue weighted by Crippen LogP contribution is 2.22. The second-order valence-electron chi connectivity index (χ2n) is 5.24. The van der Waals surface area contributed by atoms with Gasteiger partial charge in [0.25, 0.3) is 0 Å². The van der Waals surface area contributed by atoms with Crippen LogP contribution in [0, 0.1) is 6.92 Å². The van der Waals surface area contributed by atoms with E-state index in [9.17, 15) is 0 Å². The molecular weight excluding hydrogens is 298 g/mol. The van der Waals surface area contributed by atoms with Crippen LogP contribution in [0.25, 0.3) is 10.2 Å². The third-order valence-corrected chi connectivity index (χ3v) is 5.24. The number of hydrogen-bond acceptors (Lipinski definition) is 5. The number of para-hydroxylation sites is 1. The molecule has 1 atom stereocenters. The molecule has 21 heavy (non-hydrogen) atoms. The van der Waals surface area contributed by atoms with Gasteiger partial charge in [0.15, 0.2) is 0 Å². The van der Waals surface area contributed by atoms with Crippen molar-refractivity contribution in [1.29, 1.82) is 0 Å². The number of hydrogen-bond donors (Lipinski definition) is 1. The minimum absolute atomic E-state index is 0.435. The van der Waals surface area contributed by atoms with Gasteiger partial charge in [0.1, 0.15) is 0 Å².